The van der Waals surface area contributed by atoms with E-state index in [9.17, 15) is 18.0 Å². The van der Waals surface area contributed by atoms with Gasteiger partial charge in [-0.15, -0.1) is 0 Å². The van der Waals surface area contributed by atoms with E-state index in [-0.39, 0.29) is 36.0 Å². The molecule has 0 radical (unpaired) electrons. The van der Waals surface area contributed by atoms with Gasteiger partial charge in [-0.3, -0.25) is 4.79 Å². The van der Waals surface area contributed by atoms with Crippen LogP contribution in [0.5, 0.6) is 17.2 Å². The molecule has 0 aliphatic rings. The molecule has 0 saturated carbocycles. The molecule has 0 aliphatic heterocycles. The average Bonchev–Trinajstić information content (AvgIpc) is 2.56. The summed E-state index contributed by atoms with van der Waals surface area (Å²) in [7, 11) is 1.31. The lowest BCUT2D eigenvalue weighted by Crippen LogP contribution is -2.15. The van der Waals surface area contributed by atoms with Crippen LogP contribution in [0.2, 0.25) is 0 Å². The van der Waals surface area contributed by atoms with Crippen LogP contribution in [0, 0.1) is 5.82 Å². The molecule has 0 saturated heterocycles. The van der Waals surface area contributed by atoms with Crippen molar-refractivity contribution in [2.45, 2.75) is 13.0 Å². The standard InChI is InChI=1S/C17H16F3NO4/c1-23-14-7-6-11(10-15(14)25-17(19)20)21-16(22)8-9-24-13-5-3-2-4-12(13)18/h2-7,10,17H,8-9H2,1H3,(H,21,22). The number of ether oxygens (including phenoxy) is 3. The molecule has 2 rings (SSSR count). The van der Waals surface area contributed by atoms with Crippen LogP contribution in [0.1, 0.15) is 6.42 Å². The SMILES string of the molecule is COc1ccc(NC(=O)CCOc2ccccc2F)cc1OC(F)F. The third-order valence-corrected chi connectivity index (χ3v) is 3.09. The van der Waals surface area contributed by atoms with E-state index in [0.717, 1.165) is 0 Å². The Labute approximate surface area is 142 Å². The lowest BCUT2D eigenvalue weighted by atomic mass is 10.2. The number of nitrogens with one attached hydrogen (secondary N) is 1. The molecule has 0 atom stereocenters. The fourth-order valence-corrected chi connectivity index (χ4v) is 1.98. The smallest absolute Gasteiger partial charge is 0.387 e. The molecule has 2 aromatic carbocycles. The molecule has 2 aromatic rings. The van der Waals surface area contributed by atoms with Crippen LogP contribution in [-0.2, 0) is 4.79 Å². The molecule has 0 heterocycles. The topological polar surface area (TPSA) is 56.8 Å². The first-order valence-electron chi connectivity index (χ1n) is 7.29. The minimum atomic E-state index is -3.02. The van der Waals surface area contributed by atoms with E-state index in [2.05, 4.69) is 10.1 Å². The highest BCUT2D eigenvalue weighted by Gasteiger charge is 2.12. The van der Waals surface area contributed by atoms with Crippen LogP contribution in [0.4, 0.5) is 18.9 Å². The summed E-state index contributed by atoms with van der Waals surface area (Å²) in [5.74, 6) is -0.984. The second-order valence-corrected chi connectivity index (χ2v) is 4.82. The van der Waals surface area contributed by atoms with Crippen molar-refractivity contribution in [2.75, 3.05) is 19.0 Å². The van der Waals surface area contributed by atoms with Crippen LogP contribution in [0.15, 0.2) is 42.5 Å². The zero-order valence-corrected chi connectivity index (χ0v) is 13.3. The number of carbonyl (C=O) groups is 1. The maximum Gasteiger partial charge on any atom is 0.387 e. The number of methoxy groups -OCH3 is 1. The summed E-state index contributed by atoms with van der Waals surface area (Å²) in [6, 6.07) is 9.93. The first-order valence-corrected chi connectivity index (χ1v) is 7.29. The Morgan fingerprint density at radius 1 is 1.12 bits per heavy atom. The summed E-state index contributed by atoms with van der Waals surface area (Å²) < 4.78 is 52.5. The highest BCUT2D eigenvalue weighted by Crippen LogP contribution is 2.31. The minimum absolute atomic E-state index is 0.0384. The second-order valence-electron chi connectivity index (χ2n) is 4.82. The van der Waals surface area contributed by atoms with Gasteiger partial charge in [0.2, 0.25) is 5.91 Å². The normalized spacial score (nSPS) is 10.4. The van der Waals surface area contributed by atoms with E-state index in [0.29, 0.717) is 0 Å². The van der Waals surface area contributed by atoms with Gasteiger partial charge in [-0.1, -0.05) is 12.1 Å². The lowest BCUT2D eigenvalue weighted by Gasteiger charge is -2.12. The summed E-state index contributed by atoms with van der Waals surface area (Å²) in [6.07, 6.45) is -0.0502. The molecule has 134 valence electrons. The van der Waals surface area contributed by atoms with Gasteiger partial charge < -0.3 is 19.5 Å². The predicted octanol–water partition coefficient (Wildman–Crippen LogP) is 3.84. The van der Waals surface area contributed by atoms with E-state index in [1.807, 2.05) is 0 Å². The monoisotopic (exact) mass is 355 g/mol. The quantitative estimate of drug-likeness (QED) is 0.782. The highest BCUT2D eigenvalue weighted by molar-refractivity contribution is 5.91. The predicted molar refractivity (Wildman–Crippen MR) is 84.8 cm³/mol. The van der Waals surface area contributed by atoms with Gasteiger partial charge >= 0.3 is 6.61 Å². The zero-order valence-electron chi connectivity index (χ0n) is 13.3. The minimum Gasteiger partial charge on any atom is -0.493 e. The first kappa shape index (κ1) is 18.4. The summed E-state index contributed by atoms with van der Waals surface area (Å²) in [5.41, 5.74) is 0.257. The molecule has 0 unspecified atom stereocenters. The number of para-hydroxylation sites is 1. The summed E-state index contributed by atoms with van der Waals surface area (Å²) >= 11 is 0. The van der Waals surface area contributed by atoms with Crippen molar-refractivity contribution in [3.63, 3.8) is 0 Å². The van der Waals surface area contributed by atoms with Gasteiger partial charge in [0.1, 0.15) is 0 Å². The van der Waals surface area contributed by atoms with E-state index in [4.69, 9.17) is 9.47 Å². The van der Waals surface area contributed by atoms with Crippen molar-refractivity contribution in [3.05, 3.63) is 48.3 Å². The largest absolute Gasteiger partial charge is 0.493 e. The van der Waals surface area contributed by atoms with Crippen LogP contribution in [-0.4, -0.2) is 26.2 Å². The molecule has 0 aromatic heterocycles. The molecule has 0 bridgehead atoms. The number of hydrogen-bond acceptors (Lipinski definition) is 4. The van der Waals surface area contributed by atoms with E-state index in [1.165, 1.54) is 43.5 Å². The van der Waals surface area contributed by atoms with Gasteiger partial charge in [0, 0.05) is 11.8 Å². The summed E-state index contributed by atoms with van der Waals surface area (Å²) in [6.45, 7) is -3.06. The maximum absolute atomic E-state index is 13.4. The number of amides is 1. The van der Waals surface area contributed by atoms with E-state index < -0.39 is 18.3 Å². The molecule has 1 amide bonds. The van der Waals surface area contributed by atoms with E-state index >= 15 is 0 Å². The van der Waals surface area contributed by atoms with Gasteiger partial charge in [0.25, 0.3) is 0 Å². The third-order valence-electron chi connectivity index (χ3n) is 3.09. The van der Waals surface area contributed by atoms with Gasteiger partial charge in [-0.25, -0.2) is 4.39 Å². The number of rotatable bonds is 8. The van der Waals surface area contributed by atoms with Crippen molar-refractivity contribution in [2.24, 2.45) is 0 Å². The molecule has 0 spiro atoms. The Bertz CT molecular complexity index is 725. The molecule has 8 heteroatoms. The molecule has 0 aliphatic carbocycles. The van der Waals surface area contributed by atoms with Crippen molar-refractivity contribution < 1.29 is 32.2 Å². The Kier molecular flexibility index (Phi) is 6.50. The van der Waals surface area contributed by atoms with Gasteiger partial charge in [0.05, 0.1) is 20.1 Å². The third kappa shape index (κ3) is 5.59. The summed E-state index contributed by atoms with van der Waals surface area (Å²) in [4.78, 5) is 11.9. The fourth-order valence-electron chi connectivity index (χ4n) is 1.98. The van der Waals surface area contributed by atoms with Gasteiger partial charge in [-0.05, 0) is 24.3 Å². The fraction of sp³-hybridized carbons (Fsp3) is 0.235. The van der Waals surface area contributed by atoms with Crippen LogP contribution < -0.4 is 19.5 Å². The molecule has 0 fully saturated rings. The van der Waals surface area contributed by atoms with E-state index in [1.54, 1.807) is 6.07 Å². The van der Waals surface area contributed by atoms with Crippen molar-refractivity contribution in [3.8, 4) is 17.2 Å². The number of anilines is 1. The Balaban J connectivity index is 1.90. The molecular weight excluding hydrogens is 339 g/mol. The van der Waals surface area contributed by atoms with Crippen LogP contribution in [0.3, 0.4) is 0 Å². The molecular formula is C17H16F3NO4. The Morgan fingerprint density at radius 2 is 1.88 bits per heavy atom. The first-order chi connectivity index (χ1) is 12.0. The Morgan fingerprint density at radius 3 is 2.56 bits per heavy atom. The zero-order chi connectivity index (χ0) is 18.2. The number of carbonyl (C=O) groups excluding carboxylic acids is 1. The average molecular weight is 355 g/mol. The number of halogens is 3. The second kappa shape index (κ2) is 8.81. The van der Waals surface area contributed by atoms with Crippen LogP contribution >= 0.6 is 0 Å². The van der Waals surface area contributed by atoms with Crippen LogP contribution in [0.25, 0.3) is 0 Å². The van der Waals surface area contributed by atoms with Gasteiger partial charge in [0.15, 0.2) is 23.1 Å². The number of alkyl halides is 2. The Hall–Kier alpha value is -2.90. The maximum atomic E-state index is 13.4. The number of hydrogen-bond donors (Lipinski definition) is 1. The highest BCUT2D eigenvalue weighted by atomic mass is 19.3. The molecule has 25 heavy (non-hydrogen) atoms. The van der Waals surface area contributed by atoms with Crippen molar-refractivity contribution in [1.29, 1.82) is 0 Å². The lowest BCUT2D eigenvalue weighted by molar-refractivity contribution is -0.116. The van der Waals surface area contributed by atoms with Crippen molar-refractivity contribution in [1.82, 2.24) is 0 Å². The number of benzene rings is 2. The molecule has 1 N–H and O–H groups in total. The summed E-state index contributed by atoms with van der Waals surface area (Å²) in [5, 5.41) is 2.51. The van der Waals surface area contributed by atoms with Crippen molar-refractivity contribution >= 4 is 11.6 Å². The van der Waals surface area contributed by atoms with Gasteiger partial charge in [-0.2, -0.15) is 8.78 Å². The molecule has 5 nitrogen and oxygen atoms in total.